The molecule has 0 bridgehead atoms. The van der Waals surface area contributed by atoms with Gasteiger partial charge in [0, 0.05) is 6.42 Å². The summed E-state index contributed by atoms with van der Waals surface area (Å²) in [6.45, 7) is 2.61. The monoisotopic (exact) mass is 1140 g/mol. The molecule has 2 aliphatic heterocycles. The topological polar surface area (TPSA) is 228 Å². The van der Waals surface area contributed by atoms with Crippen LogP contribution in [0.4, 0.5) is 0 Å². The van der Waals surface area contributed by atoms with Gasteiger partial charge in [-0.3, -0.25) is 4.79 Å². The molecule has 2 saturated heterocycles. The zero-order valence-electron chi connectivity index (χ0n) is 49.7. The van der Waals surface area contributed by atoms with Crippen LogP contribution in [0.2, 0.25) is 0 Å². The van der Waals surface area contributed by atoms with E-state index in [9.17, 15) is 45.6 Å². The van der Waals surface area contributed by atoms with Crippen LogP contribution in [0.15, 0.2) is 122 Å². The van der Waals surface area contributed by atoms with Gasteiger partial charge in [-0.25, -0.2) is 0 Å². The number of nitrogens with one attached hydrogen (secondary N) is 1. The van der Waals surface area contributed by atoms with Crippen molar-refractivity contribution in [1.82, 2.24) is 5.32 Å². The fraction of sp³-hybridized carbons (Fsp3) is 0.687. The van der Waals surface area contributed by atoms with Crippen molar-refractivity contribution in [2.45, 2.75) is 274 Å². The quantitative estimate of drug-likeness (QED) is 0.0204. The average Bonchev–Trinajstić information content (AvgIpc) is 3.47. The first-order valence-electron chi connectivity index (χ1n) is 31.3. The molecule has 12 unspecified atom stereocenters. The summed E-state index contributed by atoms with van der Waals surface area (Å²) in [6.07, 6.45) is 56.7. The lowest BCUT2D eigenvalue weighted by Gasteiger charge is -2.46. The van der Waals surface area contributed by atoms with Crippen LogP contribution in [0, 0.1) is 0 Å². The molecule has 0 saturated carbocycles. The van der Waals surface area contributed by atoms with E-state index in [1.165, 1.54) is 70.6 Å². The molecule has 2 aliphatic rings. The van der Waals surface area contributed by atoms with E-state index in [0.29, 0.717) is 12.8 Å². The Bertz CT molecular complexity index is 1820. The highest BCUT2D eigenvalue weighted by Gasteiger charge is 2.51. The summed E-state index contributed by atoms with van der Waals surface area (Å²) in [7, 11) is 0. The number of carbonyl (C=O) groups excluding carboxylic acids is 1. The predicted octanol–water partition coefficient (Wildman–Crippen LogP) is 11.4. The van der Waals surface area contributed by atoms with E-state index in [-0.39, 0.29) is 18.9 Å². The van der Waals surface area contributed by atoms with E-state index in [4.69, 9.17) is 18.9 Å². The summed E-state index contributed by atoms with van der Waals surface area (Å²) in [5.41, 5.74) is 0. The summed E-state index contributed by atoms with van der Waals surface area (Å²) in [6, 6.07) is -0.947. The lowest BCUT2D eigenvalue weighted by Crippen LogP contribution is -2.65. The number of carbonyl (C=O) groups is 1. The third kappa shape index (κ3) is 36.0. The smallest absolute Gasteiger partial charge is 0.220 e. The fourth-order valence-electron chi connectivity index (χ4n) is 9.36. The lowest BCUT2D eigenvalue weighted by atomic mass is 9.97. The molecule has 14 nitrogen and oxygen atoms in total. The number of unbranched alkanes of at least 4 members (excludes halogenated alkanes) is 17. The molecule has 12 atom stereocenters. The molecule has 1 amide bonds. The molecule has 0 spiro atoms. The molecule has 0 radical (unpaired) electrons. The SMILES string of the molecule is CC/C=C\C/C=C\C/C=C\C/C=C\C/C=C\C/C=C\C/C=C\CCCCCCCCCCCCCC(=O)NC(COC1OC(CO)C(OC2OC(CO)C(O)C(O)C2O)C(O)C1O)C(O)/C=C/CC/C=C/CC/C=C/CCCCCC. The molecule has 2 heterocycles. The van der Waals surface area contributed by atoms with Crippen molar-refractivity contribution >= 4 is 5.91 Å². The minimum absolute atomic E-state index is 0.258. The Labute approximate surface area is 488 Å². The first kappa shape index (κ1) is 73.5. The molecule has 2 rings (SSSR count). The zero-order chi connectivity index (χ0) is 58.8. The van der Waals surface area contributed by atoms with Gasteiger partial charge < -0.3 is 65.1 Å². The minimum atomic E-state index is -1.80. The summed E-state index contributed by atoms with van der Waals surface area (Å²) in [5, 5.41) is 87.0. The first-order valence-corrected chi connectivity index (χ1v) is 31.3. The van der Waals surface area contributed by atoms with Crippen molar-refractivity contribution in [3.05, 3.63) is 122 Å². The molecule has 0 aromatic carbocycles. The Hall–Kier alpha value is -3.61. The Morgan fingerprint density at radius 1 is 0.457 bits per heavy atom. The van der Waals surface area contributed by atoms with Gasteiger partial charge in [0.1, 0.15) is 48.8 Å². The second kappa shape index (κ2) is 50.9. The summed E-state index contributed by atoms with van der Waals surface area (Å²) < 4.78 is 22.7. The normalized spacial score (nSPS) is 25.0. The third-order valence-corrected chi connectivity index (χ3v) is 14.4. The Kier molecular flexibility index (Phi) is 46.1. The van der Waals surface area contributed by atoms with E-state index in [1.807, 2.05) is 6.08 Å². The number of ether oxygens (including phenoxy) is 4. The number of aliphatic hydroxyl groups is 8. The molecule has 0 aromatic heterocycles. The van der Waals surface area contributed by atoms with Gasteiger partial charge in [0.15, 0.2) is 12.6 Å². The van der Waals surface area contributed by atoms with E-state index in [0.717, 1.165) is 96.3 Å². The van der Waals surface area contributed by atoms with Crippen LogP contribution in [-0.4, -0.2) is 140 Å². The molecule has 462 valence electrons. The molecule has 81 heavy (non-hydrogen) atoms. The highest BCUT2D eigenvalue weighted by Crippen LogP contribution is 2.30. The molecule has 0 aliphatic carbocycles. The van der Waals surface area contributed by atoms with Crippen molar-refractivity contribution in [3.8, 4) is 0 Å². The lowest BCUT2D eigenvalue weighted by molar-refractivity contribution is -0.359. The number of hydrogen-bond donors (Lipinski definition) is 9. The summed E-state index contributed by atoms with van der Waals surface area (Å²) >= 11 is 0. The highest BCUT2D eigenvalue weighted by molar-refractivity contribution is 5.76. The number of hydrogen-bond acceptors (Lipinski definition) is 13. The molecular weight excluding hydrogens is 1030 g/mol. The maximum Gasteiger partial charge on any atom is 0.220 e. The van der Waals surface area contributed by atoms with Crippen LogP contribution in [0.25, 0.3) is 0 Å². The molecule has 2 fully saturated rings. The molecular formula is C67H111NO13. The molecule has 14 heteroatoms. The Balaban J connectivity index is 1.69. The minimum Gasteiger partial charge on any atom is -0.394 e. The largest absolute Gasteiger partial charge is 0.394 e. The first-order chi connectivity index (χ1) is 39.6. The Morgan fingerprint density at radius 3 is 1.36 bits per heavy atom. The zero-order valence-corrected chi connectivity index (χ0v) is 49.7. The van der Waals surface area contributed by atoms with Crippen LogP contribution >= 0.6 is 0 Å². The number of allylic oxidation sites excluding steroid dienone is 19. The van der Waals surface area contributed by atoms with Crippen molar-refractivity contribution < 1.29 is 64.6 Å². The van der Waals surface area contributed by atoms with Crippen LogP contribution in [0.5, 0.6) is 0 Å². The van der Waals surface area contributed by atoms with Gasteiger partial charge in [-0.05, 0) is 103 Å². The fourth-order valence-corrected chi connectivity index (χ4v) is 9.36. The van der Waals surface area contributed by atoms with Crippen LogP contribution in [0.1, 0.15) is 200 Å². The van der Waals surface area contributed by atoms with E-state index >= 15 is 0 Å². The van der Waals surface area contributed by atoms with Gasteiger partial charge >= 0.3 is 0 Å². The maximum atomic E-state index is 13.3. The maximum absolute atomic E-state index is 13.3. The molecule has 0 aromatic rings. The van der Waals surface area contributed by atoms with Gasteiger partial charge in [0.25, 0.3) is 0 Å². The Morgan fingerprint density at radius 2 is 0.864 bits per heavy atom. The van der Waals surface area contributed by atoms with Crippen LogP contribution in [0.3, 0.4) is 0 Å². The van der Waals surface area contributed by atoms with Crippen molar-refractivity contribution in [2.24, 2.45) is 0 Å². The van der Waals surface area contributed by atoms with Gasteiger partial charge in [-0.2, -0.15) is 0 Å². The van der Waals surface area contributed by atoms with Gasteiger partial charge in [-0.1, -0.05) is 212 Å². The number of aliphatic hydroxyl groups excluding tert-OH is 8. The standard InChI is InChI=1S/C67H111NO13/c1-3-5-7-9-11-13-15-17-19-20-21-22-23-24-25-26-27-28-29-30-31-32-33-34-35-36-37-39-41-43-45-47-49-51-59(72)68-55(56(71)50-48-46-44-42-40-38-18-16-14-12-10-8-6-4-2)54-78-66-64(77)62(75)65(58(53-70)80-66)81-67-63(76)61(74)60(73)57(52-69)79-67/h5,7,11,13-14,16-17,19,21-22,24-25,27-28,30-31,40,42,48,50,55-58,60-67,69-71,73-77H,3-4,6,8-10,12,15,18,20,23,26,29,32-39,41,43-47,49,51-54H2,1-2H3,(H,68,72)/b7-5-,13-11-,16-14+,19-17-,22-21-,25-24-,28-27-,31-30-,42-40+,50-48+. The average molecular weight is 1140 g/mol. The predicted molar refractivity (Wildman–Crippen MR) is 327 cm³/mol. The van der Waals surface area contributed by atoms with E-state index in [2.05, 4.69) is 129 Å². The van der Waals surface area contributed by atoms with Gasteiger partial charge in [-0.15, -0.1) is 0 Å². The third-order valence-electron chi connectivity index (χ3n) is 14.4. The summed E-state index contributed by atoms with van der Waals surface area (Å²) in [5.74, 6) is -0.263. The second-order valence-electron chi connectivity index (χ2n) is 21.4. The second-order valence-corrected chi connectivity index (χ2v) is 21.4. The van der Waals surface area contributed by atoms with E-state index in [1.54, 1.807) is 6.08 Å². The van der Waals surface area contributed by atoms with Crippen LogP contribution in [-0.2, 0) is 23.7 Å². The van der Waals surface area contributed by atoms with Gasteiger partial charge in [0.05, 0.1) is 32.0 Å². The van der Waals surface area contributed by atoms with Crippen molar-refractivity contribution in [3.63, 3.8) is 0 Å². The van der Waals surface area contributed by atoms with Crippen molar-refractivity contribution in [1.29, 1.82) is 0 Å². The molecule has 9 N–H and O–H groups in total. The van der Waals surface area contributed by atoms with E-state index < -0.39 is 86.8 Å². The van der Waals surface area contributed by atoms with Crippen molar-refractivity contribution in [2.75, 3.05) is 19.8 Å². The summed E-state index contributed by atoms with van der Waals surface area (Å²) in [4.78, 5) is 13.3. The number of rotatable bonds is 48. The number of amides is 1. The van der Waals surface area contributed by atoms with Gasteiger partial charge in [0.2, 0.25) is 5.91 Å². The van der Waals surface area contributed by atoms with Crippen LogP contribution < -0.4 is 5.32 Å². The highest BCUT2D eigenvalue weighted by atomic mass is 16.7.